The first-order valence-corrected chi connectivity index (χ1v) is 4.82. The molecule has 0 saturated heterocycles. The molecule has 1 rings (SSSR count). The number of hydrogen-bond acceptors (Lipinski definition) is 4. The molecule has 0 atom stereocenters. The van der Waals surface area contributed by atoms with E-state index in [1.54, 1.807) is 0 Å². The van der Waals surface area contributed by atoms with Crippen molar-refractivity contribution in [3.05, 3.63) is 30.1 Å². The molecular formula is C11H12FNO4. The van der Waals surface area contributed by atoms with Gasteiger partial charge in [-0.3, -0.25) is 4.79 Å². The fraction of sp³-hybridized carbons (Fsp3) is 0.273. The molecule has 0 aromatic heterocycles. The summed E-state index contributed by atoms with van der Waals surface area (Å²) in [4.78, 5) is 22.2. The number of amides is 1. The van der Waals surface area contributed by atoms with Gasteiger partial charge in [-0.2, -0.15) is 0 Å². The Labute approximate surface area is 97.5 Å². The zero-order valence-corrected chi connectivity index (χ0v) is 9.23. The van der Waals surface area contributed by atoms with Crippen LogP contribution < -0.4 is 5.32 Å². The summed E-state index contributed by atoms with van der Waals surface area (Å²) in [5, 5.41) is 2.44. The minimum Gasteiger partial charge on any atom is -0.454 e. The first-order valence-electron chi connectivity index (χ1n) is 4.82. The second-order valence-electron chi connectivity index (χ2n) is 3.15. The molecule has 0 aliphatic heterocycles. The van der Waals surface area contributed by atoms with E-state index >= 15 is 0 Å². The predicted molar refractivity (Wildman–Crippen MR) is 57.9 cm³/mol. The van der Waals surface area contributed by atoms with Crippen LogP contribution in [-0.2, 0) is 19.1 Å². The lowest BCUT2D eigenvalue weighted by atomic mass is 10.3. The fourth-order valence-corrected chi connectivity index (χ4v) is 1.04. The van der Waals surface area contributed by atoms with Crippen LogP contribution in [0.4, 0.5) is 10.1 Å². The molecule has 17 heavy (non-hydrogen) atoms. The van der Waals surface area contributed by atoms with Crippen molar-refractivity contribution in [2.24, 2.45) is 0 Å². The molecule has 0 unspecified atom stereocenters. The highest BCUT2D eigenvalue weighted by Crippen LogP contribution is 2.07. The third-order valence-electron chi connectivity index (χ3n) is 1.75. The molecule has 1 aromatic rings. The average molecular weight is 241 g/mol. The third kappa shape index (κ3) is 5.07. The van der Waals surface area contributed by atoms with Crippen LogP contribution in [0.2, 0.25) is 0 Å². The second-order valence-corrected chi connectivity index (χ2v) is 3.15. The van der Waals surface area contributed by atoms with Crippen LogP contribution in [0.5, 0.6) is 0 Å². The number of benzene rings is 1. The number of rotatable bonds is 5. The first-order chi connectivity index (χ1) is 8.11. The van der Waals surface area contributed by atoms with Gasteiger partial charge < -0.3 is 14.8 Å². The SMILES string of the molecule is COCC(=O)OCC(=O)Nc1ccc(F)cc1. The van der Waals surface area contributed by atoms with Gasteiger partial charge in [0.25, 0.3) is 5.91 Å². The van der Waals surface area contributed by atoms with Gasteiger partial charge in [0.15, 0.2) is 6.61 Å². The fourth-order valence-electron chi connectivity index (χ4n) is 1.04. The molecule has 92 valence electrons. The standard InChI is InChI=1S/C11H12FNO4/c1-16-7-11(15)17-6-10(14)13-9-4-2-8(12)3-5-9/h2-5H,6-7H2,1H3,(H,13,14). The number of ether oxygens (including phenoxy) is 2. The van der Waals surface area contributed by atoms with Gasteiger partial charge >= 0.3 is 5.97 Å². The Kier molecular flexibility index (Phi) is 5.09. The summed E-state index contributed by atoms with van der Waals surface area (Å²) in [6, 6.07) is 5.24. The molecule has 1 amide bonds. The zero-order valence-electron chi connectivity index (χ0n) is 9.23. The summed E-state index contributed by atoms with van der Waals surface area (Å²) in [6.07, 6.45) is 0. The Hall–Kier alpha value is -1.95. The molecule has 0 spiro atoms. The lowest BCUT2D eigenvalue weighted by Crippen LogP contribution is -2.22. The van der Waals surface area contributed by atoms with Crippen molar-refractivity contribution in [3.8, 4) is 0 Å². The zero-order chi connectivity index (χ0) is 12.7. The topological polar surface area (TPSA) is 64.6 Å². The van der Waals surface area contributed by atoms with E-state index in [1.165, 1.54) is 31.4 Å². The Balaban J connectivity index is 2.34. The summed E-state index contributed by atoms with van der Waals surface area (Å²) in [7, 11) is 1.35. The van der Waals surface area contributed by atoms with E-state index in [-0.39, 0.29) is 6.61 Å². The molecule has 0 saturated carbocycles. The van der Waals surface area contributed by atoms with Gasteiger partial charge in [0.05, 0.1) is 0 Å². The predicted octanol–water partition coefficient (Wildman–Crippen LogP) is 0.954. The highest BCUT2D eigenvalue weighted by Gasteiger charge is 2.07. The lowest BCUT2D eigenvalue weighted by Gasteiger charge is -2.05. The number of anilines is 1. The minimum absolute atomic E-state index is 0.205. The van der Waals surface area contributed by atoms with E-state index in [1.807, 2.05) is 0 Å². The summed E-state index contributed by atoms with van der Waals surface area (Å²) < 4.78 is 21.7. The van der Waals surface area contributed by atoms with E-state index < -0.39 is 24.3 Å². The van der Waals surface area contributed by atoms with Crippen molar-refractivity contribution in [1.82, 2.24) is 0 Å². The highest BCUT2D eigenvalue weighted by molar-refractivity contribution is 5.92. The number of halogens is 1. The van der Waals surface area contributed by atoms with Gasteiger partial charge in [0, 0.05) is 12.8 Å². The van der Waals surface area contributed by atoms with Gasteiger partial charge in [-0.15, -0.1) is 0 Å². The molecule has 0 fully saturated rings. The maximum absolute atomic E-state index is 12.6. The van der Waals surface area contributed by atoms with Crippen molar-refractivity contribution in [2.75, 3.05) is 25.6 Å². The summed E-state index contributed by atoms with van der Waals surface area (Å²) >= 11 is 0. The molecule has 0 heterocycles. The molecule has 0 aliphatic carbocycles. The number of hydrogen-bond donors (Lipinski definition) is 1. The molecule has 1 aromatic carbocycles. The third-order valence-corrected chi connectivity index (χ3v) is 1.75. The normalized spacial score (nSPS) is 9.76. The molecular weight excluding hydrogens is 229 g/mol. The van der Waals surface area contributed by atoms with E-state index in [2.05, 4.69) is 14.8 Å². The van der Waals surface area contributed by atoms with Crippen LogP contribution in [0.15, 0.2) is 24.3 Å². The highest BCUT2D eigenvalue weighted by atomic mass is 19.1. The van der Waals surface area contributed by atoms with E-state index in [0.29, 0.717) is 5.69 Å². The van der Waals surface area contributed by atoms with E-state index in [4.69, 9.17) is 0 Å². The van der Waals surface area contributed by atoms with Gasteiger partial charge in [-0.25, -0.2) is 9.18 Å². The molecule has 6 heteroatoms. The summed E-state index contributed by atoms with van der Waals surface area (Å²) in [6.45, 7) is -0.608. The monoisotopic (exact) mass is 241 g/mol. The smallest absolute Gasteiger partial charge is 0.332 e. The number of methoxy groups -OCH3 is 1. The Bertz CT molecular complexity index is 391. The number of carbonyl (C=O) groups excluding carboxylic acids is 2. The summed E-state index contributed by atoms with van der Waals surface area (Å²) in [5.74, 6) is -1.52. The largest absolute Gasteiger partial charge is 0.454 e. The summed E-state index contributed by atoms with van der Waals surface area (Å²) in [5.41, 5.74) is 0.430. The minimum atomic E-state index is -0.623. The van der Waals surface area contributed by atoms with Crippen LogP contribution in [-0.4, -0.2) is 32.2 Å². The Morgan fingerprint density at radius 1 is 1.24 bits per heavy atom. The Morgan fingerprint density at radius 3 is 2.47 bits per heavy atom. The van der Waals surface area contributed by atoms with Crippen molar-refractivity contribution < 1.29 is 23.5 Å². The van der Waals surface area contributed by atoms with Crippen molar-refractivity contribution in [2.45, 2.75) is 0 Å². The Morgan fingerprint density at radius 2 is 1.88 bits per heavy atom. The number of esters is 1. The molecule has 0 aliphatic rings. The van der Waals surface area contributed by atoms with Crippen LogP contribution in [0.3, 0.4) is 0 Å². The van der Waals surface area contributed by atoms with Crippen LogP contribution in [0.1, 0.15) is 0 Å². The molecule has 0 bridgehead atoms. The van der Waals surface area contributed by atoms with E-state index in [9.17, 15) is 14.0 Å². The number of nitrogens with one attached hydrogen (secondary N) is 1. The maximum Gasteiger partial charge on any atom is 0.332 e. The number of carbonyl (C=O) groups is 2. The first kappa shape index (κ1) is 13.1. The van der Waals surface area contributed by atoms with Crippen molar-refractivity contribution in [3.63, 3.8) is 0 Å². The van der Waals surface area contributed by atoms with Gasteiger partial charge in [0.1, 0.15) is 12.4 Å². The van der Waals surface area contributed by atoms with E-state index in [0.717, 1.165) is 0 Å². The van der Waals surface area contributed by atoms with Crippen LogP contribution in [0.25, 0.3) is 0 Å². The quantitative estimate of drug-likeness (QED) is 0.779. The van der Waals surface area contributed by atoms with Crippen LogP contribution >= 0.6 is 0 Å². The van der Waals surface area contributed by atoms with Gasteiger partial charge in [0.2, 0.25) is 0 Å². The van der Waals surface area contributed by atoms with Crippen molar-refractivity contribution >= 4 is 17.6 Å². The molecule has 0 radical (unpaired) electrons. The van der Waals surface area contributed by atoms with Crippen molar-refractivity contribution in [1.29, 1.82) is 0 Å². The van der Waals surface area contributed by atoms with Crippen LogP contribution in [0, 0.1) is 5.82 Å². The molecule has 1 N–H and O–H groups in total. The lowest BCUT2D eigenvalue weighted by molar-refractivity contribution is -0.150. The molecule has 5 nitrogen and oxygen atoms in total. The van der Waals surface area contributed by atoms with Gasteiger partial charge in [-0.05, 0) is 24.3 Å². The maximum atomic E-state index is 12.6. The average Bonchev–Trinajstić information content (AvgIpc) is 2.30. The second kappa shape index (κ2) is 6.59. The van der Waals surface area contributed by atoms with Gasteiger partial charge in [-0.1, -0.05) is 0 Å².